The summed E-state index contributed by atoms with van der Waals surface area (Å²) in [7, 11) is 2.30. The van der Waals surface area contributed by atoms with Crippen LogP contribution in [0.15, 0.2) is 6.20 Å². The predicted molar refractivity (Wildman–Crippen MR) is 49.3 cm³/mol. The van der Waals surface area contributed by atoms with E-state index in [0.29, 0.717) is 0 Å². The third kappa shape index (κ3) is 2.02. The molecule has 0 fully saturated rings. The van der Waals surface area contributed by atoms with Crippen LogP contribution in [0.5, 0.6) is 11.5 Å². The molecule has 0 aliphatic carbocycles. The number of methoxy groups -OCH3 is 2. The van der Waals surface area contributed by atoms with Gasteiger partial charge in [-0.1, -0.05) is 0 Å². The van der Waals surface area contributed by atoms with Crippen molar-refractivity contribution in [3.63, 3.8) is 0 Å². The summed E-state index contributed by atoms with van der Waals surface area (Å²) in [6.45, 7) is 0. The van der Waals surface area contributed by atoms with Gasteiger partial charge in [0.15, 0.2) is 17.2 Å². The molecule has 0 aliphatic heterocycles. The van der Waals surface area contributed by atoms with Crippen molar-refractivity contribution in [3.8, 4) is 11.5 Å². The zero-order valence-corrected chi connectivity index (χ0v) is 8.53. The molecular formula is C9H9F2NO4. The van der Waals surface area contributed by atoms with Crippen molar-refractivity contribution >= 4 is 5.97 Å². The van der Waals surface area contributed by atoms with Gasteiger partial charge in [-0.3, -0.25) is 0 Å². The second-order valence-electron chi connectivity index (χ2n) is 2.73. The molecule has 0 atom stereocenters. The number of rotatable bonds is 4. The monoisotopic (exact) mass is 233 g/mol. The van der Waals surface area contributed by atoms with E-state index in [2.05, 4.69) is 4.98 Å². The third-order valence-electron chi connectivity index (χ3n) is 1.86. The van der Waals surface area contributed by atoms with Crippen LogP contribution in [0.4, 0.5) is 8.78 Å². The van der Waals surface area contributed by atoms with E-state index in [0.717, 1.165) is 20.4 Å². The molecular weight excluding hydrogens is 224 g/mol. The van der Waals surface area contributed by atoms with E-state index in [9.17, 15) is 13.6 Å². The van der Waals surface area contributed by atoms with Crippen molar-refractivity contribution in [1.29, 1.82) is 0 Å². The van der Waals surface area contributed by atoms with Crippen LogP contribution in [0.25, 0.3) is 0 Å². The topological polar surface area (TPSA) is 68.7 Å². The Morgan fingerprint density at radius 1 is 1.38 bits per heavy atom. The van der Waals surface area contributed by atoms with Crippen LogP contribution >= 0.6 is 0 Å². The Kier molecular flexibility index (Phi) is 3.60. The number of hydrogen-bond acceptors (Lipinski definition) is 4. The fourth-order valence-electron chi connectivity index (χ4n) is 1.20. The molecule has 0 spiro atoms. The minimum absolute atomic E-state index is 0.312. The summed E-state index contributed by atoms with van der Waals surface area (Å²) >= 11 is 0. The summed E-state index contributed by atoms with van der Waals surface area (Å²) < 4.78 is 34.5. The maximum Gasteiger partial charge on any atom is 0.358 e. The molecule has 0 amide bonds. The van der Waals surface area contributed by atoms with E-state index in [-0.39, 0.29) is 11.5 Å². The summed E-state index contributed by atoms with van der Waals surface area (Å²) in [6.07, 6.45) is -2.06. The second-order valence-corrected chi connectivity index (χ2v) is 2.73. The lowest BCUT2D eigenvalue weighted by Crippen LogP contribution is -2.07. The smallest absolute Gasteiger partial charge is 0.358 e. The van der Waals surface area contributed by atoms with Gasteiger partial charge in [0.25, 0.3) is 6.43 Å². The van der Waals surface area contributed by atoms with E-state index >= 15 is 0 Å². The van der Waals surface area contributed by atoms with Gasteiger partial charge >= 0.3 is 5.97 Å². The highest BCUT2D eigenvalue weighted by atomic mass is 19.3. The van der Waals surface area contributed by atoms with E-state index in [1.165, 1.54) is 0 Å². The van der Waals surface area contributed by atoms with Crippen LogP contribution in [0.1, 0.15) is 22.5 Å². The Morgan fingerprint density at radius 2 is 1.94 bits per heavy atom. The molecule has 1 rings (SSSR count). The molecule has 0 radical (unpaired) electrons. The predicted octanol–water partition coefficient (Wildman–Crippen LogP) is 1.73. The standard InChI is InChI=1S/C9H9F2NO4/c1-15-6-4(8(10)11)3-12-5(9(13)14)7(6)16-2/h3,8H,1-2H3,(H,13,14). The first-order valence-electron chi connectivity index (χ1n) is 4.15. The molecule has 1 aromatic rings. The van der Waals surface area contributed by atoms with Gasteiger partial charge in [0.1, 0.15) is 0 Å². The van der Waals surface area contributed by atoms with Gasteiger partial charge in [0, 0.05) is 6.20 Å². The van der Waals surface area contributed by atoms with E-state index in [1.54, 1.807) is 0 Å². The lowest BCUT2D eigenvalue weighted by molar-refractivity contribution is 0.0684. The number of halogens is 2. The number of hydrogen-bond donors (Lipinski definition) is 1. The van der Waals surface area contributed by atoms with Gasteiger partial charge in [-0.15, -0.1) is 0 Å². The molecule has 16 heavy (non-hydrogen) atoms. The van der Waals surface area contributed by atoms with Gasteiger partial charge in [-0.25, -0.2) is 18.6 Å². The van der Waals surface area contributed by atoms with E-state index in [4.69, 9.17) is 14.6 Å². The Hall–Kier alpha value is -1.92. The number of aromatic nitrogens is 1. The van der Waals surface area contributed by atoms with Gasteiger partial charge in [-0.2, -0.15) is 0 Å². The fourth-order valence-corrected chi connectivity index (χ4v) is 1.20. The van der Waals surface area contributed by atoms with Crippen molar-refractivity contribution in [3.05, 3.63) is 17.5 Å². The molecule has 1 heterocycles. The molecule has 0 unspecified atom stereocenters. The molecule has 0 aromatic carbocycles. The fraction of sp³-hybridized carbons (Fsp3) is 0.333. The number of carbonyl (C=O) groups is 1. The van der Waals surface area contributed by atoms with Gasteiger partial charge in [0.2, 0.25) is 0 Å². The highest BCUT2D eigenvalue weighted by Crippen LogP contribution is 2.38. The number of aromatic carboxylic acids is 1. The molecule has 88 valence electrons. The Balaban J connectivity index is 3.46. The van der Waals surface area contributed by atoms with Crippen LogP contribution < -0.4 is 9.47 Å². The first kappa shape index (κ1) is 12.2. The van der Waals surface area contributed by atoms with Gasteiger partial charge < -0.3 is 14.6 Å². The Bertz CT molecular complexity index is 409. The quantitative estimate of drug-likeness (QED) is 0.857. The maximum atomic E-state index is 12.5. The van der Waals surface area contributed by atoms with Crippen LogP contribution in [0.3, 0.4) is 0 Å². The summed E-state index contributed by atoms with van der Waals surface area (Å²) in [5.74, 6) is -2.01. The molecule has 1 N–H and O–H groups in total. The summed E-state index contributed by atoms with van der Waals surface area (Å²) in [6, 6.07) is 0. The number of nitrogens with zero attached hydrogens (tertiary/aromatic N) is 1. The second kappa shape index (κ2) is 4.73. The number of carboxylic acid groups (broad SMARTS) is 1. The zero-order valence-electron chi connectivity index (χ0n) is 8.53. The Labute approximate surface area is 89.6 Å². The normalized spacial score (nSPS) is 10.3. The van der Waals surface area contributed by atoms with Crippen molar-refractivity contribution in [2.45, 2.75) is 6.43 Å². The lowest BCUT2D eigenvalue weighted by Gasteiger charge is -2.13. The molecule has 0 saturated heterocycles. The van der Waals surface area contributed by atoms with Gasteiger partial charge in [-0.05, 0) is 0 Å². The van der Waals surface area contributed by atoms with Crippen LogP contribution in [0, 0.1) is 0 Å². The molecule has 7 heteroatoms. The van der Waals surface area contributed by atoms with Gasteiger partial charge in [0.05, 0.1) is 19.8 Å². The molecule has 5 nitrogen and oxygen atoms in total. The molecule has 0 bridgehead atoms. The van der Waals surface area contributed by atoms with Crippen LogP contribution in [0.2, 0.25) is 0 Å². The highest BCUT2D eigenvalue weighted by molar-refractivity contribution is 5.89. The maximum absolute atomic E-state index is 12.5. The molecule has 0 saturated carbocycles. The SMILES string of the molecule is COc1c(C(F)F)cnc(C(=O)O)c1OC. The number of alkyl halides is 2. The Morgan fingerprint density at radius 3 is 2.31 bits per heavy atom. The zero-order chi connectivity index (χ0) is 12.3. The van der Waals surface area contributed by atoms with Crippen LogP contribution in [-0.2, 0) is 0 Å². The number of pyridine rings is 1. The summed E-state index contributed by atoms with van der Waals surface area (Å²) in [5.41, 5.74) is -0.979. The van der Waals surface area contributed by atoms with E-state index in [1.807, 2.05) is 0 Å². The lowest BCUT2D eigenvalue weighted by atomic mass is 10.2. The third-order valence-corrected chi connectivity index (χ3v) is 1.86. The van der Waals surface area contributed by atoms with Crippen molar-refractivity contribution in [2.75, 3.05) is 14.2 Å². The minimum atomic E-state index is -2.82. The first-order valence-corrected chi connectivity index (χ1v) is 4.15. The summed E-state index contributed by atoms with van der Waals surface area (Å²) in [5, 5.41) is 8.76. The number of ether oxygens (including phenoxy) is 2. The molecule has 1 aromatic heterocycles. The largest absolute Gasteiger partial charge is 0.492 e. The van der Waals surface area contributed by atoms with Crippen molar-refractivity contribution in [1.82, 2.24) is 4.98 Å². The average molecular weight is 233 g/mol. The van der Waals surface area contributed by atoms with Crippen molar-refractivity contribution < 1.29 is 28.2 Å². The molecule has 0 aliphatic rings. The minimum Gasteiger partial charge on any atom is -0.492 e. The van der Waals surface area contributed by atoms with Crippen LogP contribution in [-0.4, -0.2) is 30.3 Å². The number of carboxylic acids is 1. The highest BCUT2D eigenvalue weighted by Gasteiger charge is 2.25. The average Bonchev–Trinajstić information content (AvgIpc) is 2.26. The first-order chi connectivity index (χ1) is 7.52. The van der Waals surface area contributed by atoms with Crippen molar-refractivity contribution in [2.24, 2.45) is 0 Å². The summed E-state index contributed by atoms with van der Waals surface area (Å²) in [4.78, 5) is 14.1. The van der Waals surface area contributed by atoms with E-state index < -0.39 is 23.7 Å².